The van der Waals surface area contributed by atoms with E-state index in [0.717, 1.165) is 0 Å². The van der Waals surface area contributed by atoms with Gasteiger partial charge in [0, 0.05) is 23.9 Å². The molecule has 0 saturated heterocycles. The fourth-order valence-corrected chi connectivity index (χ4v) is 1.90. The fraction of sp³-hybridized carbons (Fsp3) is 0.0833. The Hall–Kier alpha value is -1.99. The topological polar surface area (TPSA) is 84.1 Å². The van der Waals surface area contributed by atoms with Gasteiger partial charge in [-0.2, -0.15) is 0 Å². The van der Waals surface area contributed by atoms with Crippen LogP contribution in [0.15, 0.2) is 41.3 Å². The highest BCUT2D eigenvalue weighted by Gasteiger charge is 2.18. The van der Waals surface area contributed by atoms with E-state index in [1.807, 2.05) is 0 Å². The van der Waals surface area contributed by atoms with Gasteiger partial charge < -0.3 is 10.3 Å². The average Bonchev–Trinajstić information content (AvgIpc) is 2.46. The summed E-state index contributed by atoms with van der Waals surface area (Å²) in [6.45, 7) is 0. The standard InChI is InChI=1S/C12H12BrN5O/c1-18(9-3-2-4-15-7-9)12(19)10-5-8(13)6-16-11(10)17-14/h2-7H,14H2,1H3,(H,16,17). The average molecular weight is 322 g/mol. The maximum absolute atomic E-state index is 12.4. The minimum atomic E-state index is -0.227. The minimum absolute atomic E-state index is 0.227. The van der Waals surface area contributed by atoms with Gasteiger partial charge in [-0.15, -0.1) is 0 Å². The first kappa shape index (κ1) is 13.4. The van der Waals surface area contributed by atoms with E-state index >= 15 is 0 Å². The van der Waals surface area contributed by atoms with Crippen molar-refractivity contribution in [1.29, 1.82) is 0 Å². The molecule has 0 aliphatic heterocycles. The fourth-order valence-electron chi connectivity index (χ4n) is 1.57. The van der Waals surface area contributed by atoms with E-state index in [4.69, 9.17) is 5.84 Å². The summed E-state index contributed by atoms with van der Waals surface area (Å²) >= 11 is 3.28. The predicted molar refractivity (Wildman–Crippen MR) is 76.7 cm³/mol. The molecule has 3 N–H and O–H groups in total. The summed E-state index contributed by atoms with van der Waals surface area (Å²) in [6.07, 6.45) is 4.82. The second-order valence-electron chi connectivity index (χ2n) is 3.77. The quantitative estimate of drug-likeness (QED) is 0.665. The van der Waals surface area contributed by atoms with E-state index in [1.165, 1.54) is 4.90 Å². The van der Waals surface area contributed by atoms with Crippen LogP contribution >= 0.6 is 15.9 Å². The van der Waals surface area contributed by atoms with Crippen LogP contribution in [-0.4, -0.2) is 22.9 Å². The minimum Gasteiger partial charge on any atom is -0.310 e. The normalized spacial score (nSPS) is 10.1. The summed E-state index contributed by atoms with van der Waals surface area (Å²) < 4.78 is 0.703. The Balaban J connectivity index is 2.37. The molecular formula is C12H12BrN5O. The van der Waals surface area contributed by atoms with Crippen molar-refractivity contribution in [3.05, 3.63) is 46.8 Å². The summed E-state index contributed by atoms with van der Waals surface area (Å²) in [7, 11) is 1.67. The van der Waals surface area contributed by atoms with Gasteiger partial charge >= 0.3 is 0 Å². The summed E-state index contributed by atoms with van der Waals surface area (Å²) in [5.41, 5.74) is 3.48. The number of pyridine rings is 2. The molecule has 0 atom stereocenters. The van der Waals surface area contributed by atoms with Crippen LogP contribution in [0.2, 0.25) is 0 Å². The Morgan fingerprint density at radius 3 is 2.89 bits per heavy atom. The third-order valence-corrected chi connectivity index (χ3v) is 2.99. The Bertz CT molecular complexity index is 590. The van der Waals surface area contributed by atoms with Crippen molar-refractivity contribution in [2.75, 3.05) is 17.4 Å². The van der Waals surface area contributed by atoms with E-state index in [9.17, 15) is 4.79 Å². The molecule has 2 heterocycles. The monoisotopic (exact) mass is 321 g/mol. The number of aromatic nitrogens is 2. The van der Waals surface area contributed by atoms with Gasteiger partial charge in [-0.3, -0.25) is 9.78 Å². The number of nitrogens with zero attached hydrogens (tertiary/aromatic N) is 3. The molecule has 0 saturated carbocycles. The molecule has 0 radical (unpaired) electrons. The van der Waals surface area contributed by atoms with Crippen molar-refractivity contribution in [1.82, 2.24) is 9.97 Å². The van der Waals surface area contributed by atoms with Crippen molar-refractivity contribution >= 4 is 33.3 Å². The molecule has 6 nitrogen and oxygen atoms in total. The number of hydrogen-bond donors (Lipinski definition) is 2. The zero-order valence-electron chi connectivity index (χ0n) is 10.2. The predicted octanol–water partition coefficient (Wildman–Crippen LogP) is 1.80. The maximum atomic E-state index is 12.4. The Morgan fingerprint density at radius 2 is 2.26 bits per heavy atom. The molecule has 0 unspecified atom stereocenters. The number of halogens is 1. The SMILES string of the molecule is CN(C(=O)c1cc(Br)cnc1NN)c1cccnc1. The number of nitrogens with two attached hydrogens (primary N) is 1. The molecule has 98 valence electrons. The third kappa shape index (κ3) is 2.88. The number of anilines is 2. The number of rotatable bonds is 3. The largest absolute Gasteiger partial charge is 0.310 e. The van der Waals surface area contributed by atoms with Crippen molar-refractivity contribution in [3.8, 4) is 0 Å². The number of hydrazine groups is 1. The van der Waals surface area contributed by atoms with E-state index in [2.05, 4.69) is 31.3 Å². The van der Waals surface area contributed by atoms with E-state index in [0.29, 0.717) is 21.5 Å². The van der Waals surface area contributed by atoms with Crippen LogP contribution in [0.4, 0.5) is 11.5 Å². The molecular weight excluding hydrogens is 310 g/mol. The molecule has 2 aromatic rings. The number of carbonyl (C=O) groups excluding carboxylic acids is 1. The number of carbonyl (C=O) groups is 1. The van der Waals surface area contributed by atoms with Gasteiger partial charge in [0.25, 0.3) is 5.91 Å². The summed E-state index contributed by atoms with van der Waals surface area (Å²) in [5, 5.41) is 0. The van der Waals surface area contributed by atoms with Gasteiger partial charge in [0.05, 0.1) is 17.4 Å². The molecule has 0 spiro atoms. The highest BCUT2D eigenvalue weighted by atomic mass is 79.9. The van der Waals surface area contributed by atoms with Crippen LogP contribution in [0, 0.1) is 0 Å². The lowest BCUT2D eigenvalue weighted by molar-refractivity contribution is 0.0993. The number of nitrogens with one attached hydrogen (secondary N) is 1. The van der Waals surface area contributed by atoms with Crippen LogP contribution in [0.3, 0.4) is 0 Å². The van der Waals surface area contributed by atoms with Crippen molar-refractivity contribution in [2.24, 2.45) is 5.84 Å². The molecule has 0 fully saturated rings. The van der Waals surface area contributed by atoms with E-state index in [1.54, 1.807) is 43.8 Å². The lowest BCUT2D eigenvalue weighted by atomic mass is 10.2. The van der Waals surface area contributed by atoms with Crippen LogP contribution in [0.5, 0.6) is 0 Å². The lowest BCUT2D eigenvalue weighted by Crippen LogP contribution is -2.28. The molecule has 1 amide bonds. The number of amides is 1. The molecule has 0 aromatic carbocycles. The molecule has 2 rings (SSSR count). The molecule has 0 bridgehead atoms. The number of hydrogen-bond acceptors (Lipinski definition) is 5. The lowest BCUT2D eigenvalue weighted by Gasteiger charge is -2.18. The smallest absolute Gasteiger partial charge is 0.261 e. The first-order chi connectivity index (χ1) is 9.13. The van der Waals surface area contributed by atoms with Gasteiger partial charge in [0.1, 0.15) is 0 Å². The van der Waals surface area contributed by atoms with E-state index in [-0.39, 0.29) is 5.91 Å². The summed E-state index contributed by atoms with van der Waals surface area (Å²) in [5.74, 6) is 5.46. The Labute approximate surface area is 118 Å². The first-order valence-corrected chi connectivity index (χ1v) is 6.23. The molecule has 0 aliphatic rings. The van der Waals surface area contributed by atoms with Gasteiger partial charge in [-0.1, -0.05) is 0 Å². The molecule has 19 heavy (non-hydrogen) atoms. The van der Waals surface area contributed by atoms with Gasteiger partial charge in [-0.05, 0) is 34.1 Å². The molecule has 7 heteroatoms. The zero-order chi connectivity index (χ0) is 13.8. The third-order valence-electron chi connectivity index (χ3n) is 2.56. The van der Waals surface area contributed by atoms with Gasteiger partial charge in [0.15, 0.2) is 5.82 Å². The van der Waals surface area contributed by atoms with Crippen molar-refractivity contribution in [2.45, 2.75) is 0 Å². The Kier molecular flexibility index (Phi) is 4.08. The van der Waals surface area contributed by atoms with Crippen LogP contribution in [-0.2, 0) is 0 Å². The van der Waals surface area contributed by atoms with Gasteiger partial charge in [-0.25, -0.2) is 10.8 Å². The van der Waals surface area contributed by atoms with Crippen molar-refractivity contribution in [3.63, 3.8) is 0 Å². The molecule has 0 aliphatic carbocycles. The highest BCUT2D eigenvalue weighted by Crippen LogP contribution is 2.21. The van der Waals surface area contributed by atoms with Crippen molar-refractivity contribution < 1.29 is 4.79 Å². The summed E-state index contributed by atoms with van der Waals surface area (Å²) in [6, 6.07) is 5.23. The first-order valence-electron chi connectivity index (χ1n) is 5.43. The van der Waals surface area contributed by atoms with Crippen LogP contribution in [0.25, 0.3) is 0 Å². The van der Waals surface area contributed by atoms with Crippen LogP contribution in [0.1, 0.15) is 10.4 Å². The van der Waals surface area contributed by atoms with Gasteiger partial charge in [0.2, 0.25) is 0 Å². The second kappa shape index (κ2) is 5.77. The van der Waals surface area contributed by atoms with E-state index < -0.39 is 0 Å². The second-order valence-corrected chi connectivity index (χ2v) is 4.69. The zero-order valence-corrected chi connectivity index (χ0v) is 11.8. The summed E-state index contributed by atoms with van der Waals surface area (Å²) in [4.78, 5) is 21.9. The maximum Gasteiger partial charge on any atom is 0.261 e. The van der Waals surface area contributed by atoms with Crippen LogP contribution < -0.4 is 16.2 Å². The molecule has 2 aromatic heterocycles. The number of nitrogen functional groups attached to an aromatic ring is 1. The highest BCUT2D eigenvalue weighted by molar-refractivity contribution is 9.10. The Morgan fingerprint density at radius 1 is 1.47 bits per heavy atom.